The van der Waals surface area contributed by atoms with Crippen LogP contribution in [-0.2, 0) is 44.9 Å². The molecule has 1 saturated heterocycles. The van der Waals surface area contributed by atoms with Gasteiger partial charge in [-0.05, 0) is 87.3 Å². The number of allylic oxidation sites excluding steroid dienone is 6. The number of ether oxygens (including phenoxy) is 3. The Hall–Kier alpha value is -6.41. The standard InChI is InChI=1S/C40H43N7O9S/c1-7-55-45-31(18-33(49)56-40(3,4)5)36(50)44-34-37(51)47-35(39(52)54-21-25-8-10-29(53-6)11-9-25)28(22-57-38(34)47)20-46-14-12-26(13-15-46)27-17-30(42-19-27)24(2)16-32(48)43-23-41/h8-17,19,34,38H,7,18,20-22H2,1-6H3,(H,43,48)(H,44,50)/b24-16+,45-31+. The molecule has 0 saturated carbocycles. The molecule has 2 atom stereocenters. The predicted octanol–water partition coefficient (Wildman–Crippen LogP) is 3.67. The number of benzene rings is 1. The molecular formula is C40H43N7O9S. The molecule has 4 heterocycles. The number of hydrogen-bond acceptors (Lipinski definition) is 14. The molecular weight excluding hydrogens is 755 g/mol. The molecule has 298 valence electrons. The van der Waals surface area contributed by atoms with Crippen LogP contribution in [0.1, 0.15) is 46.6 Å². The van der Waals surface area contributed by atoms with Gasteiger partial charge < -0.3 is 29.3 Å². The number of hydrogen-bond donors (Lipinski definition) is 2. The lowest BCUT2D eigenvalue weighted by molar-refractivity contribution is -0.154. The van der Waals surface area contributed by atoms with Crippen LogP contribution in [0.3, 0.4) is 0 Å². The molecule has 3 amide bonds. The molecule has 1 aromatic rings. The topological polar surface area (TPSA) is 201 Å². The highest BCUT2D eigenvalue weighted by Crippen LogP contribution is 2.41. The first kappa shape index (κ1) is 41.7. The summed E-state index contributed by atoms with van der Waals surface area (Å²) in [6.07, 6.45) is 13.4. The summed E-state index contributed by atoms with van der Waals surface area (Å²) in [7, 11) is 1.55. The maximum atomic E-state index is 13.9. The van der Waals surface area contributed by atoms with Gasteiger partial charge in [-0.2, -0.15) is 5.26 Å². The van der Waals surface area contributed by atoms with E-state index >= 15 is 0 Å². The largest absolute Gasteiger partial charge is 0.497 e. The van der Waals surface area contributed by atoms with E-state index in [4.69, 9.17) is 24.3 Å². The van der Waals surface area contributed by atoms with Crippen molar-refractivity contribution in [2.45, 2.75) is 64.7 Å². The van der Waals surface area contributed by atoms with E-state index in [1.807, 2.05) is 35.5 Å². The lowest BCUT2D eigenvalue weighted by Gasteiger charge is -2.50. The molecule has 0 spiro atoms. The first-order valence-electron chi connectivity index (χ1n) is 17.9. The summed E-state index contributed by atoms with van der Waals surface area (Å²) in [6, 6.07) is 6.02. The third kappa shape index (κ3) is 10.7. The molecule has 2 N–H and O–H groups in total. The Morgan fingerprint density at radius 3 is 2.49 bits per heavy atom. The number of nitrogens with zero attached hydrogens (tertiary/aromatic N) is 5. The molecule has 17 heteroatoms. The number of carbonyl (C=O) groups excluding carboxylic acids is 5. The number of nitriles is 1. The second kappa shape index (κ2) is 18.5. The number of carbonyl (C=O) groups is 5. The van der Waals surface area contributed by atoms with Gasteiger partial charge in [0.15, 0.2) is 11.9 Å². The van der Waals surface area contributed by atoms with Gasteiger partial charge in [0.1, 0.15) is 41.7 Å². The Bertz CT molecular complexity index is 2080. The number of esters is 2. The van der Waals surface area contributed by atoms with Crippen molar-refractivity contribution in [1.29, 1.82) is 5.26 Å². The van der Waals surface area contributed by atoms with Crippen LogP contribution < -0.4 is 15.4 Å². The van der Waals surface area contributed by atoms with Crippen LogP contribution in [0.4, 0.5) is 0 Å². The molecule has 2 unspecified atom stereocenters. The van der Waals surface area contributed by atoms with Crippen LogP contribution >= 0.6 is 11.8 Å². The van der Waals surface area contributed by atoms with E-state index in [1.54, 1.807) is 78.4 Å². The zero-order valence-corrected chi connectivity index (χ0v) is 33.2. The van der Waals surface area contributed by atoms with E-state index < -0.39 is 53.1 Å². The van der Waals surface area contributed by atoms with E-state index in [1.165, 1.54) is 22.7 Å². The summed E-state index contributed by atoms with van der Waals surface area (Å²) >= 11 is 1.37. The number of rotatable bonds is 14. The van der Waals surface area contributed by atoms with Gasteiger partial charge in [-0.1, -0.05) is 17.3 Å². The third-order valence-corrected chi connectivity index (χ3v) is 9.86. The highest BCUT2D eigenvalue weighted by atomic mass is 32.2. The molecule has 16 nitrogen and oxygen atoms in total. The van der Waals surface area contributed by atoms with Crippen molar-refractivity contribution in [3.8, 4) is 11.9 Å². The van der Waals surface area contributed by atoms with E-state index in [0.29, 0.717) is 33.9 Å². The van der Waals surface area contributed by atoms with Gasteiger partial charge >= 0.3 is 11.9 Å². The number of oxime groups is 1. The van der Waals surface area contributed by atoms with Crippen molar-refractivity contribution in [3.05, 3.63) is 100 Å². The third-order valence-electron chi connectivity index (χ3n) is 8.52. The van der Waals surface area contributed by atoms with Gasteiger partial charge in [0, 0.05) is 42.6 Å². The monoisotopic (exact) mass is 797 g/mol. The number of aliphatic imine (C=N–C) groups is 1. The lowest BCUT2D eigenvalue weighted by Crippen LogP contribution is -2.71. The Balaban J connectivity index is 1.34. The van der Waals surface area contributed by atoms with Gasteiger partial charge in [0.05, 0.1) is 19.2 Å². The summed E-state index contributed by atoms with van der Waals surface area (Å²) < 4.78 is 16.3. The van der Waals surface area contributed by atoms with Gasteiger partial charge in [0.25, 0.3) is 17.7 Å². The minimum absolute atomic E-state index is 0.0588. The number of methoxy groups -OCH3 is 1. The minimum Gasteiger partial charge on any atom is -0.497 e. The fraction of sp³-hybridized carbons (Fsp3) is 0.350. The highest BCUT2D eigenvalue weighted by Gasteiger charge is 2.54. The van der Waals surface area contributed by atoms with Crippen LogP contribution in [0.2, 0.25) is 0 Å². The molecule has 4 aliphatic heterocycles. The normalized spacial score (nSPS) is 19.0. The van der Waals surface area contributed by atoms with Crippen molar-refractivity contribution < 1.29 is 43.0 Å². The molecule has 0 aliphatic carbocycles. The number of fused-ring (bicyclic) bond motifs is 1. The van der Waals surface area contributed by atoms with Gasteiger partial charge in [-0.15, -0.1) is 11.8 Å². The number of amides is 3. The van der Waals surface area contributed by atoms with Crippen LogP contribution in [-0.4, -0.2) is 94.4 Å². The van der Waals surface area contributed by atoms with Crippen LogP contribution in [0, 0.1) is 11.5 Å². The molecule has 0 aromatic heterocycles. The molecule has 5 rings (SSSR count). The first-order valence-corrected chi connectivity index (χ1v) is 18.9. The van der Waals surface area contributed by atoms with Crippen molar-refractivity contribution in [2.75, 3.05) is 26.0 Å². The Morgan fingerprint density at radius 1 is 1.12 bits per heavy atom. The molecule has 57 heavy (non-hydrogen) atoms. The van der Waals surface area contributed by atoms with Gasteiger partial charge in [0.2, 0.25) is 0 Å². The maximum Gasteiger partial charge on any atom is 0.355 e. The molecule has 1 fully saturated rings. The second-order valence-corrected chi connectivity index (χ2v) is 15.0. The SMILES string of the molecule is CCO/N=C(\CC(=O)OC(C)(C)C)C(=O)NC1C(=O)N2C(C(=O)OCc3ccc(OC)cc3)=C(CN3C=CC(=C4C=NC(/C(C)=C/C(=O)NC#N)=C4)C=C3)CSC12. The predicted molar refractivity (Wildman–Crippen MR) is 210 cm³/mol. The van der Waals surface area contributed by atoms with Crippen molar-refractivity contribution in [1.82, 2.24) is 20.4 Å². The molecule has 4 aliphatic rings. The van der Waals surface area contributed by atoms with Crippen molar-refractivity contribution in [2.24, 2.45) is 10.1 Å². The van der Waals surface area contributed by atoms with Gasteiger partial charge in [-0.3, -0.25) is 34.4 Å². The fourth-order valence-corrected chi connectivity index (χ4v) is 7.17. The fourth-order valence-electron chi connectivity index (χ4n) is 5.84. The average molecular weight is 798 g/mol. The van der Waals surface area contributed by atoms with E-state index in [9.17, 15) is 24.0 Å². The lowest BCUT2D eigenvalue weighted by atomic mass is 10.0. The summed E-state index contributed by atoms with van der Waals surface area (Å²) in [5, 5.41) is 16.6. The smallest absolute Gasteiger partial charge is 0.355 e. The Morgan fingerprint density at radius 2 is 1.84 bits per heavy atom. The van der Waals surface area contributed by atoms with Gasteiger partial charge in [-0.25, -0.2) is 4.79 Å². The highest BCUT2D eigenvalue weighted by molar-refractivity contribution is 8.00. The van der Waals surface area contributed by atoms with Crippen LogP contribution in [0.25, 0.3) is 0 Å². The average Bonchev–Trinajstić information content (AvgIpc) is 3.68. The van der Waals surface area contributed by atoms with Crippen molar-refractivity contribution in [3.63, 3.8) is 0 Å². The molecule has 0 radical (unpaired) electrons. The molecule has 1 aromatic carbocycles. The first-order chi connectivity index (χ1) is 27.2. The van der Waals surface area contributed by atoms with Crippen LogP contribution in [0.15, 0.2) is 105 Å². The summed E-state index contributed by atoms with van der Waals surface area (Å²) in [4.78, 5) is 78.1. The zero-order valence-electron chi connectivity index (χ0n) is 32.4. The van der Waals surface area contributed by atoms with E-state index in [-0.39, 0.29) is 31.2 Å². The van der Waals surface area contributed by atoms with E-state index in [0.717, 1.165) is 11.1 Å². The van der Waals surface area contributed by atoms with Crippen LogP contribution in [0.5, 0.6) is 5.75 Å². The Labute approximate surface area is 334 Å². The summed E-state index contributed by atoms with van der Waals surface area (Å²) in [6.45, 7) is 8.82. The molecule has 0 bridgehead atoms. The van der Waals surface area contributed by atoms with Crippen molar-refractivity contribution >= 4 is 53.3 Å². The number of thioether (sulfide) groups is 1. The maximum absolute atomic E-state index is 13.9. The quantitative estimate of drug-likeness (QED) is 0.0527. The zero-order chi connectivity index (χ0) is 41.3. The summed E-state index contributed by atoms with van der Waals surface area (Å²) in [5.74, 6) is -2.25. The Kier molecular flexibility index (Phi) is 13.5. The number of nitrogens with one attached hydrogen (secondary N) is 2. The second-order valence-electron chi connectivity index (χ2n) is 13.9. The van der Waals surface area contributed by atoms with E-state index in [2.05, 4.69) is 20.8 Å². The minimum atomic E-state index is -1.02. The summed E-state index contributed by atoms with van der Waals surface area (Å²) in [5.41, 5.74) is 3.22. The number of β-lactam (4-membered cyclic amide) rings is 1.